The maximum Gasteiger partial charge on any atom is 0.0195 e. The second-order valence-electron chi connectivity index (χ2n) is 6.74. The van der Waals surface area contributed by atoms with Gasteiger partial charge in [0.05, 0.1) is 0 Å². The molecule has 1 fully saturated rings. The van der Waals surface area contributed by atoms with Crippen LogP contribution < -0.4 is 5.32 Å². The first kappa shape index (κ1) is 15.4. The quantitative estimate of drug-likeness (QED) is 0.837. The van der Waals surface area contributed by atoms with E-state index in [1.54, 1.807) is 11.1 Å². The van der Waals surface area contributed by atoms with Gasteiger partial charge < -0.3 is 5.32 Å². The number of hydrogen-bond donors (Lipinski definition) is 1. The highest BCUT2D eigenvalue weighted by Gasteiger charge is 2.17. The standard InChI is InChI=1S/C19H29NS/c1-20-18(14-21-19-8-3-2-4-9-19)13-15-10-11-16-6-5-7-17(16)12-15/h10-12,18-20H,2-9,13-14H2,1H3. The van der Waals surface area contributed by atoms with Crippen LogP contribution in [0.4, 0.5) is 0 Å². The number of hydrogen-bond acceptors (Lipinski definition) is 2. The highest BCUT2D eigenvalue weighted by molar-refractivity contribution is 7.99. The second kappa shape index (κ2) is 7.69. The summed E-state index contributed by atoms with van der Waals surface area (Å²) < 4.78 is 0. The summed E-state index contributed by atoms with van der Waals surface area (Å²) in [5.74, 6) is 1.26. The largest absolute Gasteiger partial charge is 0.316 e. The Balaban J connectivity index is 1.51. The molecule has 1 atom stereocenters. The van der Waals surface area contributed by atoms with Crippen molar-refractivity contribution in [2.75, 3.05) is 12.8 Å². The zero-order chi connectivity index (χ0) is 14.5. The number of rotatable bonds is 6. The van der Waals surface area contributed by atoms with Crippen LogP contribution in [-0.2, 0) is 19.3 Å². The summed E-state index contributed by atoms with van der Waals surface area (Å²) in [5, 5.41) is 4.46. The van der Waals surface area contributed by atoms with E-state index in [0.29, 0.717) is 6.04 Å². The van der Waals surface area contributed by atoms with Crippen LogP contribution in [-0.4, -0.2) is 24.1 Å². The van der Waals surface area contributed by atoms with Crippen molar-refractivity contribution in [3.05, 3.63) is 34.9 Å². The van der Waals surface area contributed by atoms with E-state index in [1.165, 1.54) is 69.1 Å². The van der Waals surface area contributed by atoms with Crippen molar-refractivity contribution >= 4 is 11.8 Å². The summed E-state index contributed by atoms with van der Waals surface area (Å²) in [6.45, 7) is 0. The van der Waals surface area contributed by atoms with Gasteiger partial charge in [-0.05, 0) is 62.3 Å². The predicted molar refractivity (Wildman–Crippen MR) is 94.3 cm³/mol. The van der Waals surface area contributed by atoms with Crippen LogP contribution in [0.1, 0.15) is 55.2 Å². The van der Waals surface area contributed by atoms with Crippen LogP contribution in [0.3, 0.4) is 0 Å². The minimum absolute atomic E-state index is 0.622. The molecule has 0 saturated heterocycles. The summed E-state index contributed by atoms with van der Waals surface area (Å²) >= 11 is 2.21. The van der Waals surface area contributed by atoms with Crippen LogP contribution in [0.25, 0.3) is 0 Å². The van der Waals surface area contributed by atoms with Gasteiger partial charge in [-0.15, -0.1) is 0 Å². The van der Waals surface area contributed by atoms with E-state index < -0.39 is 0 Å². The lowest BCUT2D eigenvalue weighted by molar-refractivity contribution is 0.514. The highest BCUT2D eigenvalue weighted by atomic mass is 32.2. The first-order chi connectivity index (χ1) is 10.3. The number of nitrogens with one attached hydrogen (secondary N) is 1. The Morgan fingerprint density at radius 2 is 1.90 bits per heavy atom. The average molecular weight is 304 g/mol. The topological polar surface area (TPSA) is 12.0 Å². The Morgan fingerprint density at radius 3 is 2.71 bits per heavy atom. The molecule has 116 valence electrons. The van der Waals surface area contributed by atoms with Crippen molar-refractivity contribution in [3.8, 4) is 0 Å². The lowest BCUT2D eigenvalue weighted by Crippen LogP contribution is -2.31. The Hall–Kier alpha value is -0.470. The Kier molecular flexibility index (Phi) is 5.65. The van der Waals surface area contributed by atoms with E-state index in [9.17, 15) is 0 Å². The molecule has 1 aromatic rings. The first-order valence-corrected chi connectivity index (χ1v) is 9.79. The highest BCUT2D eigenvalue weighted by Crippen LogP contribution is 2.29. The molecule has 2 aliphatic rings. The molecule has 21 heavy (non-hydrogen) atoms. The van der Waals surface area contributed by atoms with Crippen LogP contribution in [0.15, 0.2) is 18.2 Å². The maximum absolute atomic E-state index is 3.54. The molecule has 0 bridgehead atoms. The first-order valence-electron chi connectivity index (χ1n) is 8.74. The molecule has 0 spiro atoms. The molecule has 1 aromatic carbocycles. The lowest BCUT2D eigenvalue weighted by Gasteiger charge is -2.24. The summed E-state index contributed by atoms with van der Waals surface area (Å²) in [4.78, 5) is 0. The van der Waals surface area contributed by atoms with Gasteiger partial charge in [0, 0.05) is 17.0 Å². The molecule has 0 amide bonds. The number of thioether (sulfide) groups is 1. The van der Waals surface area contributed by atoms with Gasteiger partial charge >= 0.3 is 0 Å². The molecule has 3 rings (SSSR count). The van der Waals surface area contributed by atoms with Crippen molar-refractivity contribution in [1.82, 2.24) is 5.32 Å². The number of likely N-dealkylation sites (N-methyl/N-ethyl adjacent to an activating group) is 1. The SMILES string of the molecule is CNC(CSC1CCCCC1)Cc1ccc2c(c1)CCC2. The van der Waals surface area contributed by atoms with Crippen LogP contribution in [0, 0.1) is 0 Å². The monoisotopic (exact) mass is 303 g/mol. The number of benzene rings is 1. The van der Waals surface area contributed by atoms with E-state index in [0.717, 1.165) is 5.25 Å². The summed E-state index contributed by atoms with van der Waals surface area (Å²) in [6, 6.07) is 7.83. The molecule has 1 saturated carbocycles. The fourth-order valence-corrected chi connectivity index (χ4v) is 5.22. The van der Waals surface area contributed by atoms with E-state index in [1.807, 2.05) is 0 Å². The molecule has 1 nitrogen and oxygen atoms in total. The molecule has 1 unspecified atom stereocenters. The average Bonchev–Trinajstić information content (AvgIpc) is 3.00. The van der Waals surface area contributed by atoms with Gasteiger partial charge in [-0.3, -0.25) is 0 Å². The van der Waals surface area contributed by atoms with Crippen molar-refractivity contribution in [3.63, 3.8) is 0 Å². The molecule has 0 heterocycles. The molecule has 0 radical (unpaired) electrons. The molecule has 2 aliphatic carbocycles. The fourth-order valence-electron chi connectivity index (χ4n) is 3.77. The Bertz CT molecular complexity index is 451. The fraction of sp³-hybridized carbons (Fsp3) is 0.684. The maximum atomic E-state index is 3.54. The van der Waals surface area contributed by atoms with Crippen molar-refractivity contribution in [2.24, 2.45) is 0 Å². The van der Waals surface area contributed by atoms with Crippen LogP contribution in [0.5, 0.6) is 0 Å². The molecule has 0 aromatic heterocycles. The Labute approximate surface area is 134 Å². The predicted octanol–water partition coefficient (Wildman–Crippen LogP) is 4.37. The van der Waals surface area contributed by atoms with Gasteiger partial charge in [0.1, 0.15) is 0 Å². The van der Waals surface area contributed by atoms with Gasteiger partial charge in [0.15, 0.2) is 0 Å². The zero-order valence-electron chi connectivity index (χ0n) is 13.4. The molecule has 1 N–H and O–H groups in total. The smallest absolute Gasteiger partial charge is 0.0195 e. The lowest BCUT2D eigenvalue weighted by atomic mass is 10.0. The molecule has 2 heteroatoms. The zero-order valence-corrected chi connectivity index (χ0v) is 14.2. The molecular weight excluding hydrogens is 274 g/mol. The van der Waals surface area contributed by atoms with E-state index in [4.69, 9.17) is 0 Å². The van der Waals surface area contributed by atoms with E-state index >= 15 is 0 Å². The van der Waals surface area contributed by atoms with Gasteiger partial charge in [0.2, 0.25) is 0 Å². The number of aryl methyl sites for hydroxylation is 2. The number of fused-ring (bicyclic) bond motifs is 1. The summed E-state index contributed by atoms with van der Waals surface area (Å²) in [5.41, 5.74) is 4.73. The van der Waals surface area contributed by atoms with Gasteiger partial charge in [-0.2, -0.15) is 11.8 Å². The van der Waals surface area contributed by atoms with Gasteiger partial charge in [0.25, 0.3) is 0 Å². The van der Waals surface area contributed by atoms with Gasteiger partial charge in [-0.1, -0.05) is 37.5 Å². The summed E-state index contributed by atoms with van der Waals surface area (Å²) in [7, 11) is 2.12. The molecule has 0 aliphatic heterocycles. The van der Waals surface area contributed by atoms with E-state index in [-0.39, 0.29) is 0 Å². The molecular formula is C19H29NS. The summed E-state index contributed by atoms with van der Waals surface area (Å²) in [6.07, 6.45) is 12.4. The van der Waals surface area contributed by atoms with Crippen molar-refractivity contribution in [1.29, 1.82) is 0 Å². The minimum atomic E-state index is 0.622. The van der Waals surface area contributed by atoms with Crippen molar-refractivity contribution < 1.29 is 0 Å². The van der Waals surface area contributed by atoms with Crippen LogP contribution >= 0.6 is 11.8 Å². The van der Waals surface area contributed by atoms with Crippen molar-refractivity contribution in [2.45, 2.75) is 69.1 Å². The minimum Gasteiger partial charge on any atom is -0.316 e. The third-order valence-corrected chi connectivity index (χ3v) is 6.68. The second-order valence-corrected chi connectivity index (χ2v) is 8.07. The third-order valence-electron chi connectivity index (χ3n) is 5.14. The van der Waals surface area contributed by atoms with Crippen LogP contribution in [0.2, 0.25) is 0 Å². The third kappa shape index (κ3) is 4.26. The van der Waals surface area contributed by atoms with Gasteiger partial charge in [-0.25, -0.2) is 0 Å². The normalized spacial score (nSPS) is 20.4. The van der Waals surface area contributed by atoms with E-state index in [2.05, 4.69) is 42.3 Å². The Morgan fingerprint density at radius 1 is 1.10 bits per heavy atom.